The molecular weight excluding hydrogens is 238 g/mol. The first-order valence-corrected chi connectivity index (χ1v) is 7.15. The normalized spacial score (nSPS) is 14.5. The fourth-order valence-corrected chi connectivity index (χ4v) is 2.20. The van der Waals surface area contributed by atoms with Crippen LogP contribution in [-0.2, 0) is 0 Å². The Kier molecular flexibility index (Phi) is 4.46. The van der Waals surface area contributed by atoms with Crippen LogP contribution in [0.15, 0.2) is 24.3 Å². The highest BCUT2D eigenvalue weighted by atomic mass is 16.5. The standard InChI is InChI=1S/C16H23NO2/c1-4-19-15-9-5-13(6-10-15)16(18)17(11-12(2)3)14-7-8-14/h5-6,9-10,12,14H,4,7-8,11H2,1-3H3. The number of hydrogen-bond donors (Lipinski definition) is 0. The number of benzene rings is 1. The van der Waals surface area contributed by atoms with E-state index in [1.165, 1.54) is 0 Å². The Balaban J connectivity index is 2.07. The summed E-state index contributed by atoms with van der Waals surface area (Å²) in [5.41, 5.74) is 0.760. The van der Waals surface area contributed by atoms with Gasteiger partial charge in [-0.15, -0.1) is 0 Å². The van der Waals surface area contributed by atoms with Crippen molar-refractivity contribution in [2.75, 3.05) is 13.2 Å². The second-order valence-corrected chi connectivity index (χ2v) is 5.54. The van der Waals surface area contributed by atoms with E-state index in [-0.39, 0.29) is 5.91 Å². The number of rotatable bonds is 6. The van der Waals surface area contributed by atoms with Gasteiger partial charge in [0, 0.05) is 18.2 Å². The second-order valence-electron chi connectivity index (χ2n) is 5.54. The minimum Gasteiger partial charge on any atom is -0.494 e. The molecule has 0 spiro atoms. The van der Waals surface area contributed by atoms with Gasteiger partial charge >= 0.3 is 0 Å². The van der Waals surface area contributed by atoms with Crippen LogP contribution in [0.1, 0.15) is 44.0 Å². The first-order chi connectivity index (χ1) is 9.11. The number of nitrogens with zero attached hydrogens (tertiary/aromatic N) is 1. The van der Waals surface area contributed by atoms with Gasteiger partial charge in [0.25, 0.3) is 5.91 Å². The Morgan fingerprint density at radius 1 is 1.32 bits per heavy atom. The SMILES string of the molecule is CCOc1ccc(C(=O)N(CC(C)C)C2CC2)cc1. The van der Waals surface area contributed by atoms with Gasteiger partial charge in [0.05, 0.1) is 6.61 Å². The van der Waals surface area contributed by atoms with Gasteiger partial charge in [-0.1, -0.05) is 13.8 Å². The summed E-state index contributed by atoms with van der Waals surface area (Å²) >= 11 is 0. The molecule has 1 aromatic carbocycles. The summed E-state index contributed by atoms with van der Waals surface area (Å²) in [6.07, 6.45) is 2.30. The summed E-state index contributed by atoms with van der Waals surface area (Å²) in [7, 11) is 0. The van der Waals surface area contributed by atoms with Crippen LogP contribution in [0.4, 0.5) is 0 Å². The zero-order chi connectivity index (χ0) is 13.8. The van der Waals surface area contributed by atoms with E-state index >= 15 is 0 Å². The molecule has 19 heavy (non-hydrogen) atoms. The molecule has 1 aliphatic rings. The number of ether oxygens (including phenoxy) is 1. The van der Waals surface area contributed by atoms with Crippen LogP contribution in [0.25, 0.3) is 0 Å². The summed E-state index contributed by atoms with van der Waals surface area (Å²) < 4.78 is 5.40. The molecule has 0 saturated heterocycles. The molecule has 3 heteroatoms. The maximum Gasteiger partial charge on any atom is 0.254 e. The monoisotopic (exact) mass is 261 g/mol. The summed E-state index contributed by atoms with van der Waals surface area (Å²) in [6.45, 7) is 7.75. The third-order valence-corrected chi connectivity index (χ3v) is 3.22. The molecule has 0 heterocycles. The van der Waals surface area contributed by atoms with Crippen molar-refractivity contribution in [2.24, 2.45) is 5.92 Å². The minimum absolute atomic E-state index is 0.152. The second kappa shape index (κ2) is 6.09. The first kappa shape index (κ1) is 13.9. The van der Waals surface area contributed by atoms with Crippen LogP contribution in [0, 0.1) is 5.92 Å². The summed E-state index contributed by atoms with van der Waals surface area (Å²) in [5, 5.41) is 0. The topological polar surface area (TPSA) is 29.5 Å². The van der Waals surface area contributed by atoms with E-state index < -0.39 is 0 Å². The Morgan fingerprint density at radius 3 is 2.42 bits per heavy atom. The Morgan fingerprint density at radius 2 is 1.95 bits per heavy atom. The molecule has 104 valence electrons. The molecule has 0 radical (unpaired) electrons. The minimum atomic E-state index is 0.152. The average molecular weight is 261 g/mol. The number of carbonyl (C=O) groups is 1. The molecule has 1 aliphatic carbocycles. The van der Waals surface area contributed by atoms with Gasteiger partial charge in [0.15, 0.2) is 0 Å². The van der Waals surface area contributed by atoms with Crippen LogP contribution in [0.3, 0.4) is 0 Å². The quantitative estimate of drug-likeness (QED) is 0.786. The lowest BCUT2D eigenvalue weighted by molar-refractivity contribution is 0.0722. The van der Waals surface area contributed by atoms with Gasteiger partial charge in [0.1, 0.15) is 5.75 Å². The van der Waals surface area contributed by atoms with E-state index in [1.807, 2.05) is 36.1 Å². The summed E-state index contributed by atoms with van der Waals surface area (Å²) in [6, 6.07) is 7.93. The summed E-state index contributed by atoms with van der Waals surface area (Å²) in [5.74, 6) is 1.48. The van der Waals surface area contributed by atoms with Crippen LogP contribution < -0.4 is 4.74 Å². The van der Waals surface area contributed by atoms with Crippen molar-refractivity contribution in [3.63, 3.8) is 0 Å². The largest absolute Gasteiger partial charge is 0.494 e. The van der Waals surface area contributed by atoms with Crippen LogP contribution in [0.5, 0.6) is 5.75 Å². The van der Waals surface area contributed by atoms with Gasteiger partial charge < -0.3 is 9.64 Å². The van der Waals surface area contributed by atoms with Crippen molar-refractivity contribution in [2.45, 2.75) is 39.7 Å². The van der Waals surface area contributed by atoms with Gasteiger partial charge in [-0.05, 0) is 49.9 Å². The van der Waals surface area contributed by atoms with E-state index in [4.69, 9.17) is 4.74 Å². The predicted octanol–water partition coefficient (Wildman–Crippen LogP) is 3.35. The number of carbonyl (C=O) groups excluding carboxylic acids is 1. The van der Waals surface area contributed by atoms with E-state index in [2.05, 4.69) is 13.8 Å². The Hall–Kier alpha value is -1.51. The fourth-order valence-electron chi connectivity index (χ4n) is 2.20. The molecule has 2 rings (SSSR count). The van der Waals surface area contributed by atoms with Gasteiger partial charge in [-0.25, -0.2) is 0 Å². The Labute approximate surface area is 115 Å². The van der Waals surface area contributed by atoms with E-state index in [0.29, 0.717) is 18.6 Å². The molecule has 0 unspecified atom stereocenters. The molecule has 1 amide bonds. The molecular formula is C16H23NO2. The maximum atomic E-state index is 12.5. The fraction of sp³-hybridized carbons (Fsp3) is 0.562. The van der Waals surface area contributed by atoms with Gasteiger partial charge in [0.2, 0.25) is 0 Å². The highest BCUT2D eigenvalue weighted by Crippen LogP contribution is 2.29. The van der Waals surface area contributed by atoms with Crippen molar-refractivity contribution < 1.29 is 9.53 Å². The highest BCUT2D eigenvalue weighted by molar-refractivity contribution is 5.94. The van der Waals surface area contributed by atoms with Crippen LogP contribution in [-0.4, -0.2) is 30.0 Å². The van der Waals surface area contributed by atoms with Crippen molar-refractivity contribution in [3.05, 3.63) is 29.8 Å². The van der Waals surface area contributed by atoms with Crippen molar-refractivity contribution >= 4 is 5.91 Å². The smallest absolute Gasteiger partial charge is 0.254 e. The first-order valence-electron chi connectivity index (χ1n) is 7.15. The van der Waals surface area contributed by atoms with E-state index in [9.17, 15) is 4.79 Å². The zero-order valence-corrected chi connectivity index (χ0v) is 12.1. The third-order valence-electron chi connectivity index (χ3n) is 3.22. The van der Waals surface area contributed by atoms with Crippen molar-refractivity contribution in [1.29, 1.82) is 0 Å². The third kappa shape index (κ3) is 3.72. The number of amides is 1. The molecule has 1 fully saturated rings. The number of hydrogen-bond acceptors (Lipinski definition) is 2. The van der Waals surface area contributed by atoms with Crippen molar-refractivity contribution in [3.8, 4) is 5.75 Å². The maximum absolute atomic E-state index is 12.5. The zero-order valence-electron chi connectivity index (χ0n) is 12.1. The molecule has 0 N–H and O–H groups in total. The van der Waals surface area contributed by atoms with Gasteiger partial charge in [-0.3, -0.25) is 4.79 Å². The lowest BCUT2D eigenvalue weighted by Crippen LogP contribution is -2.36. The molecule has 0 aromatic heterocycles. The van der Waals surface area contributed by atoms with E-state index in [0.717, 1.165) is 30.7 Å². The highest BCUT2D eigenvalue weighted by Gasteiger charge is 2.33. The molecule has 1 aromatic rings. The molecule has 3 nitrogen and oxygen atoms in total. The molecule has 0 bridgehead atoms. The van der Waals surface area contributed by atoms with Crippen molar-refractivity contribution in [1.82, 2.24) is 4.90 Å². The van der Waals surface area contributed by atoms with Crippen LogP contribution in [0.2, 0.25) is 0 Å². The lowest BCUT2D eigenvalue weighted by Gasteiger charge is -2.24. The average Bonchev–Trinajstić information content (AvgIpc) is 3.20. The summed E-state index contributed by atoms with van der Waals surface area (Å²) in [4.78, 5) is 14.5. The predicted molar refractivity (Wildman–Crippen MR) is 76.5 cm³/mol. The molecule has 0 atom stereocenters. The molecule has 0 aliphatic heterocycles. The molecule has 1 saturated carbocycles. The van der Waals surface area contributed by atoms with Gasteiger partial charge in [-0.2, -0.15) is 0 Å². The van der Waals surface area contributed by atoms with E-state index in [1.54, 1.807) is 0 Å². The van der Waals surface area contributed by atoms with Crippen LogP contribution >= 0.6 is 0 Å². The lowest BCUT2D eigenvalue weighted by atomic mass is 10.1. The Bertz CT molecular complexity index is 421.